The number of aryl methyl sites for hydroxylation is 1. The van der Waals surface area contributed by atoms with Gasteiger partial charge in [-0.25, -0.2) is 0 Å². The molecule has 1 aliphatic rings. The molecule has 1 aromatic rings. The Kier molecular flexibility index (Phi) is 3.44. The summed E-state index contributed by atoms with van der Waals surface area (Å²) in [6.45, 7) is 1.04. The SMILES string of the molecule is Cn1ccc(C(=O)NC2(CO)CCOCC2)n1. The highest BCUT2D eigenvalue weighted by Crippen LogP contribution is 2.20. The summed E-state index contributed by atoms with van der Waals surface area (Å²) < 4.78 is 6.81. The van der Waals surface area contributed by atoms with Crippen LogP contribution in [0.3, 0.4) is 0 Å². The van der Waals surface area contributed by atoms with Crippen LogP contribution in [0.5, 0.6) is 0 Å². The number of aliphatic hydroxyl groups is 1. The fourth-order valence-corrected chi connectivity index (χ4v) is 1.93. The van der Waals surface area contributed by atoms with Crippen molar-refractivity contribution in [1.29, 1.82) is 0 Å². The number of rotatable bonds is 3. The fourth-order valence-electron chi connectivity index (χ4n) is 1.93. The van der Waals surface area contributed by atoms with Gasteiger partial charge in [0.25, 0.3) is 5.91 Å². The lowest BCUT2D eigenvalue weighted by Crippen LogP contribution is -2.54. The molecule has 0 atom stereocenters. The molecule has 0 unspecified atom stereocenters. The minimum atomic E-state index is -0.563. The van der Waals surface area contributed by atoms with E-state index in [2.05, 4.69) is 10.4 Å². The topological polar surface area (TPSA) is 76.4 Å². The van der Waals surface area contributed by atoms with Crippen LogP contribution in [-0.2, 0) is 11.8 Å². The summed E-state index contributed by atoms with van der Waals surface area (Å²) >= 11 is 0. The van der Waals surface area contributed by atoms with E-state index in [4.69, 9.17) is 4.74 Å². The first-order chi connectivity index (χ1) is 8.15. The number of amides is 1. The second kappa shape index (κ2) is 4.85. The van der Waals surface area contributed by atoms with E-state index in [1.807, 2.05) is 0 Å². The lowest BCUT2D eigenvalue weighted by molar-refractivity contribution is 0.0124. The van der Waals surface area contributed by atoms with Gasteiger partial charge < -0.3 is 15.2 Å². The molecule has 0 aromatic carbocycles. The van der Waals surface area contributed by atoms with Crippen LogP contribution in [0.1, 0.15) is 23.3 Å². The van der Waals surface area contributed by atoms with Crippen LogP contribution in [-0.4, -0.2) is 46.2 Å². The lowest BCUT2D eigenvalue weighted by Gasteiger charge is -2.36. The first-order valence-corrected chi connectivity index (χ1v) is 5.66. The minimum absolute atomic E-state index is 0.0745. The number of hydrogen-bond acceptors (Lipinski definition) is 4. The van der Waals surface area contributed by atoms with Crippen LogP contribution in [0.4, 0.5) is 0 Å². The summed E-state index contributed by atoms with van der Waals surface area (Å²) in [7, 11) is 1.76. The molecule has 2 rings (SSSR count). The number of carbonyl (C=O) groups excluding carboxylic acids is 1. The van der Waals surface area contributed by atoms with Crippen LogP contribution < -0.4 is 5.32 Å². The summed E-state index contributed by atoms with van der Waals surface area (Å²) in [6.07, 6.45) is 2.97. The molecule has 2 heterocycles. The van der Waals surface area contributed by atoms with Gasteiger partial charge in [-0.15, -0.1) is 0 Å². The number of nitrogens with zero attached hydrogens (tertiary/aromatic N) is 2. The maximum atomic E-state index is 12.0. The molecule has 94 valence electrons. The molecular weight excluding hydrogens is 222 g/mol. The zero-order valence-corrected chi connectivity index (χ0v) is 9.85. The van der Waals surface area contributed by atoms with Gasteiger partial charge in [-0.1, -0.05) is 0 Å². The van der Waals surface area contributed by atoms with E-state index in [1.54, 1.807) is 24.0 Å². The molecule has 0 radical (unpaired) electrons. The number of aliphatic hydroxyl groups excluding tert-OH is 1. The van der Waals surface area contributed by atoms with Gasteiger partial charge in [0.1, 0.15) is 5.69 Å². The van der Waals surface area contributed by atoms with Crippen molar-refractivity contribution < 1.29 is 14.6 Å². The third-order valence-corrected chi connectivity index (χ3v) is 3.08. The third-order valence-electron chi connectivity index (χ3n) is 3.08. The maximum absolute atomic E-state index is 12.0. The Morgan fingerprint density at radius 3 is 2.88 bits per heavy atom. The van der Waals surface area contributed by atoms with Crippen molar-refractivity contribution >= 4 is 5.91 Å². The average Bonchev–Trinajstić information content (AvgIpc) is 2.77. The van der Waals surface area contributed by atoms with E-state index in [9.17, 15) is 9.90 Å². The Morgan fingerprint density at radius 2 is 2.35 bits per heavy atom. The van der Waals surface area contributed by atoms with E-state index < -0.39 is 5.54 Å². The molecule has 6 nitrogen and oxygen atoms in total. The predicted octanol–water partition coefficient (Wildman–Crippen LogP) is -0.309. The maximum Gasteiger partial charge on any atom is 0.272 e. The summed E-state index contributed by atoms with van der Waals surface area (Å²) in [6, 6.07) is 1.65. The largest absolute Gasteiger partial charge is 0.394 e. The predicted molar refractivity (Wildman–Crippen MR) is 60.5 cm³/mol. The van der Waals surface area contributed by atoms with Crippen LogP contribution in [0.15, 0.2) is 12.3 Å². The fraction of sp³-hybridized carbons (Fsp3) is 0.636. The van der Waals surface area contributed by atoms with Gasteiger partial charge in [-0.3, -0.25) is 9.48 Å². The third kappa shape index (κ3) is 2.65. The zero-order chi connectivity index (χ0) is 12.3. The van der Waals surface area contributed by atoms with Crippen molar-refractivity contribution in [2.24, 2.45) is 7.05 Å². The highest BCUT2D eigenvalue weighted by atomic mass is 16.5. The lowest BCUT2D eigenvalue weighted by atomic mass is 9.91. The van der Waals surface area contributed by atoms with E-state index in [-0.39, 0.29) is 12.5 Å². The second-order valence-electron chi connectivity index (χ2n) is 4.38. The second-order valence-corrected chi connectivity index (χ2v) is 4.38. The number of hydrogen-bond donors (Lipinski definition) is 2. The van der Waals surface area contributed by atoms with Crippen LogP contribution in [0.2, 0.25) is 0 Å². The zero-order valence-electron chi connectivity index (χ0n) is 9.85. The summed E-state index contributed by atoms with van der Waals surface area (Å²) in [5.41, 5.74) is -0.195. The first-order valence-electron chi connectivity index (χ1n) is 5.66. The van der Waals surface area contributed by atoms with Crippen LogP contribution in [0, 0.1) is 0 Å². The summed E-state index contributed by atoms with van der Waals surface area (Å²) in [5, 5.41) is 16.3. The molecule has 6 heteroatoms. The Balaban J connectivity index is 2.05. The van der Waals surface area contributed by atoms with Crippen molar-refractivity contribution in [2.45, 2.75) is 18.4 Å². The molecule has 1 saturated heterocycles. The molecule has 1 fully saturated rings. The van der Waals surface area contributed by atoms with Crippen molar-refractivity contribution in [3.05, 3.63) is 18.0 Å². The molecule has 1 aromatic heterocycles. The van der Waals surface area contributed by atoms with Crippen LogP contribution >= 0.6 is 0 Å². The average molecular weight is 239 g/mol. The number of aromatic nitrogens is 2. The quantitative estimate of drug-likeness (QED) is 0.758. The molecule has 0 spiro atoms. The number of ether oxygens (including phenoxy) is 1. The smallest absolute Gasteiger partial charge is 0.272 e. The molecule has 17 heavy (non-hydrogen) atoms. The highest BCUT2D eigenvalue weighted by Gasteiger charge is 2.34. The van der Waals surface area contributed by atoms with Gasteiger partial charge in [0.2, 0.25) is 0 Å². The van der Waals surface area contributed by atoms with Gasteiger partial charge in [0, 0.05) is 26.5 Å². The van der Waals surface area contributed by atoms with E-state index in [0.717, 1.165) is 0 Å². The Labute approximate surface area is 99.6 Å². The minimum Gasteiger partial charge on any atom is -0.394 e. The van der Waals surface area contributed by atoms with E-state index >= 15 is 0 Å². The Morgan fingerprint density at radius 1 is 1.65 bits per heavy atom. The van der Waals surface area contributed by atoms with Gasteiger partial charge in [-0.05, 0) is 18.9 Å². The monoisotopic (exact) mass is 239 g/mol. The Hall–Kier alpha value is -1.40. The van der Waals surface area contributed by atoms with Gasteiger partial charge in [0.05, 0.1) is 12.1 Å². The van der Waals surface area contributed by atoms with E-state index in [1.165, 1.54) is 0 Å². The molecule has 1 amide bonds. The van der Waals surface area contributed by atoms with E-state index in [0.29, 0.717) is 31.7 Å². The van der Waals surface area contributed by atoms with Gasteiger partial charge in [-0.2, -0.15) is 5.10 Å². The molecule has 0 bridgehead atoms. The summed E-state index contributed by atoms with van der Waals surface area (Å²) in [4.78, 5) is 12.0. The highest BCUT2D eigenvalue weighted by molar-refractivity contribution is 5.92. The molecule has 0 aliphatic carbocycles. The Bertz CT molecular complexity index is 396. The standard InChI is InChI=1S/C11H17N3O3/c1-14-5-2-9(13-14)10(16)12-11(8-15)3-6-17-7-4-11/h2,5,15H,3-4,6-8H2,1H3,(H,12,16). The number of nitrogens with one attached hydrogen (secondary N) is 1. The van der Waals surface area contributed by atoms with Crippen LogP contribution in [0.25, 0.3) is 0 Å². The number of carbonyl (C=O) groups is 1. The van der Waals surface area contributed by atoms with Crippen molar-refractivity contribution in [1.82, 2.24) is 15.1 Å². The van der Waals surface area contributed by atoms with Gasteiger partial charge >= 0.3 is 0 Å². The molecular formula is C11H17N3O3. The normalized spacial score (nSPS) is 18.9. The summed E-state index contributed by atoms with van der Waals surface area (Å²) in [5.74, 6) is -0.249. The molecule has 0 saturated carbocycles. The molecule has 2 N–H and O–H groups in total. The van der Waals surface area contributed by atoms with Crippen molar-refractivity contribution in [3.63, 3.8) is 0 Å². The first kappa shape index (κ1) is 12.1. The van der Waals surface area contributed by atoms with Crippen molar-refractivity contribution in [2.75, 3.05) is 19.8 Å². The molecule has 1 aliphatic heterocycles. The van der Waals surface area contributed by atoms with Crippen molar-refractivity contribution in [3.8, 4) is 0 Å². The van der Waals surface area contributed by atoms with Gasteiger partial charge in [0.15, 0.2) is 0 Å².